The molecule has 0 saturated carbocycles. The molecule has 2 aliphatic rings. The smallest absolute Gasteiger partial charge is 0.175 e. The minimum absolute atomic E-state index is 0.209. The van der Waals surface area contributed by atoms with Crippen LogP contribution in [-0.4, -0.2) is 31.2 Å². The molecular weight excluding hydrogens is 332 g/mol. The van der Waals surface area contributed by atoms with E-state index in [0.29, 0.717) is 13.2 Å². The summed E-state index contributed by atoms with van der Waals surface area (Å²) in [4.78, 5) is 2.26. The zero-order valence-corrected chi connectivity index (χ0v) is 13.6. The number of benzene rings is 1. The molecule has 1 saturated heterocycles. The number of nitrogens with zero attached hydrogens (tertiary/aromatic N) is 2. The van der Waals surface area contributed by atoms with Crippen LogP contribution >= 0.6 is 15.9 Å². The van der Waals surface area contributed by atoms with Crippen LogP contribution in [-0.2, 0) is 0 Å². The molecule has 0 N–H and O–H groups in total. The molecule has 2 aliphatic heterocycles. The van der Waals surface area contributed by atoms with E-state index in [1.807, 2.05) is 12.1 Å². The second kappa shape index (κ2) is 6.67. The Kier molecular flexibility index (Phi) is 4.67. The Hall–Kier alpha value is -1.25. The van der Waals surface area contributed by atoms with Gasteiger partial charge in [-0.1, -0.05) is 6.42 Å². The largest absolute Gasteiger partial charge is 0.490 e. The van der Waals surface area contributed by atoms with Crippen molar-refractivity contribution in [2.45, 2.75) is 31.7 Å². The maximum absolute atomic E-state index is 9.60. The molecule has 2 heterocycles. The van der Waals surface area contributed by atoms with Crippen LogP contribution in [0.4, 0.5) is 0 Å². The predicted octanol–water partition coefficient (Wildman–Crippen LogP) is 3.66. The quantitative estimate of drug-likeness (QED) is 0.816. The van der Waals surface area contributed by atoms with E-state index in [0.717, 1.165) is 41.0 Å². The summed E-state index contributed by atoms with van der Waals surface area (Å²) < 4.78 is 12.4. The van der Waals surface area contributed by atoms with E-state index >= 15 is 0 Å². The Morgan fingerprint density at radius 2 is 1.86 bits per heavy atom. The molecule has 1 fully saturated rings. The zero-order valence-electron chi connectivity index (χ0n) is 12.0. The van der Waals surface area contributed by atoms with Gasteiger partial charge < -0.3 is 9.47 Å². The van der Waals surface area contributed by atoms with Gasteiger partial charge in [0.25, 0.3) is 0 Å². The highest BCUT2D eigenvalue weighted by molar-refractivity contribution is 9.10. The van der Waals surface area contributed by atoms with Gasteiger partial charge in [-0.05, 0) is 59.6 Å². The standard InChI is InChI=1S/C16H19BrN2O2/c17-13-9-12(10-15-16(13)21-8-4-7-20-15)14(11-18)19-5-2-1-3-6-19/h9-10,14H,1-8H2. The molecule has 0 bridgehead atoms. The number of fused-ring (bicyclic) bond motifs is 1. The fourth-order valence-electron chi connectivity index (χ4n) is 2.95. The first kappa shape index (κ1) is 14.7. The summed E-state index contributed by atoms with van der Waals surface area (Å²) in [5, 5.41) is 9.60. The Morgan fingerprint density at radius 3 is 2.62 bits per heavy atom. The van der Waals surface area contributed by atoms with Crippen molar-refractivity contribution in [2.24, 2.45) is 0 Å². The van der Waals surface area contributed by atoms with Crippen molar-refractivity contribution in [3.63, 3.8) is 0 Å². The van der Waals surface area contributed by atoms with Crippen LogP contribution in [0.2, 0.25) is 0 Å². The monoisotopic (exact) mass is 350 g/mol. The molecule has 1 aromatic carbocycles. The summed E-state index contributed by atoms with van der Waals surface area (Å²) >= 11 is 3.56. The van der Waals surface area contributed by atoms with Gasteiger partial charge in [0.05, 0.1) is 23.8 Å². The van der Waals surface area contributed by atoms with Crippen molar-refractivity contribution in [3.05, 3.63) is 22.2 Å². The van der Waals surface area contributed by atoms with Crippen molar-refractivity contribution in [3.8, 4) is 17.6 Å². The molecule has 1 atom stereocenters. The summed E-state index contributed by atoms with van der Waals surface area (Å²) in [5.74, 6) is 1.50. The number of halogens is 1. The highest BCUT2D eigenvalue weighted by Crippen LogP contribution is 2.40. The van der Waals surface area contributed by atoms with Gasteiger partial charge in [-0.3, -0.25) is 4.90 Å². The third-order valence-corrected chi connectivity index (χ3v) is 4.61. The molecule has 1 unspecified atom stereocenters. The number of ether oxygens (including phenoxy) is 2. The first-order valence-corrected chi connectivity index (χ1v) is 8.31. The van der Waals surface area contributed by atoms with Crippen LogP contribution in [0.5, 0.6) is 11.5 Å². The minimum atomic E-state index is -0.209. The van der Waals surface area contributed by atoms with E-state index < -0.39 is 0 Å². The van der Waals surface area contributed by atoms with Crippen LogP contribution in [0.1, 0.15) is 37.3 Å². The van der Waals surface area contributed by atoms with Crippen LogP contribution < -0.4 is 9.47 Å². The van der Waals surface area contributed by atoms with E-state index in [9.17, 15) is 5.26 Å². The topological polar surface area (TPSA) is 45.5 Å². The lowest BCUT2D eigenvalue weighted by Gasteiger charge is -2.31. The predicted molar refractivity (Wildman–Crippen MR) is 83.5 cm³/mol. The normalized spacial score (nSPS) is 20.4. The van der Waals surface area contributed by atoms with Gasteiger partial charge in [0.2, 0.25) is 0 Å². The van der Waals surface area contributed by atoms with E-state index in [2.05, 4.69) is 26.9 Å². The summed E-state index contributed by atoms with van der Waals surface area (Å²) in [5.41, 5.74) is 0.982. The van der Waals surface area contributed by atoms with Gasteiger partial charge in [-0.15, -0.1) is 0 Å². The Labute approximate surface area is 133 Å². The highest BCUT2D eigenvalue weighted by atomic mass is 79.9. The lowest BCUT2D eigenvalue weighted by Crippen LogP contribution is -2.33. The molecule has 0 radical (unpaired) electrons. The summed E-state index contributed by atoms with van der Waals surface area (Å²) in [6, 6.07) is 6.20. The van der Waals surface area contributed by atoms with Crippen molar-refractivity contribution >= 4 is 15.9 Å². The molecule has 112 valence electrons. The number of likely N-dealkylation sites (tertiary alicyclic amines) is 1. The van der Waals surface area contributed by atoms with Crippen molar-refractivity contribution in [1.29, 1.82) is 5.26 Å². The van der Waals surface area contributed by atoms with Crippen LogP contribution in [0, 0.1) is 11.3 Å². The third kappa shape index (κ3) is 3.17. The molecule has 0 aromatic heterocycles. The molecule has 0 aliphatic carbocycles. The van der Waals surface area contributed by atoms with Gasteiger partial charge >= 0.3 is 0 Å². The van der Waals surface area contributed by atoms with Gasteiger partial charge in [0.1, 0.15) is 6.04 Å². The summed E-state index contributed by atoms with van der Waals surface area (Å²) in [7, 11) is 0. The van der Waals surface area contributed by atoms with Crippen molar-refractivity contribution < 1.29 is 9.47 Å². The Balaban J connectivity index is 1.92. The Morgan fingerprint density at radius 1 is 1.10 bits per heavy atom. The molecule has 5 heteroatoms. The van der Waals surface area contributed by atoms with Crippen molar-refractivity contribution in [2.75, 3.05) is 26.3 Å². The number of hydrogen-bond acceptors (Lipinski definition) is 4. The molecular formula is C16H19BrN2O2. The zero-order chi connectivity index (χ0) is 14.7. The minimum Gasteiger partial charge on any atom is -0.490 e. The first-order chi connectivity index (χ1) is 10.3. The lowest BCUT2D eigenvalue weighted by atomic mass is 10.0. The van der Waals surface area contributed by atoms with Gasteiger partial charge in [0, 0.05) is 6.42 Å². The van der Waals surface area contributed by atoms with Gasteiger partial charge in [-0.25, -0.2) is 0 Å². The average Bonchev–Trinajstić information content (AvgIpc) is 2.75. The second-order valence-electron chi connectivity index (χ2n) is 5.51. The molecule has 21 heavy (non-hydrogen) atoms. The molecule has 0 spiro atoms. The fourth-order valence-corrected chi connectivity index (χ4v) is 3.53. The van der Waals surface area contributed by atoms with Gasteiger partial charge in [-0.2, -0.15) is 5.26 Å². The van der Waals surface area contributed by atoms with E-state index in [-0.39, 0.29) is 6.04 Å². The van der Waals surface area contributed by atoms with E-state index in [1.165, 1.54) is 19.3 Å². The summed E-state index contributed by atoms with van der Waals surface area (Å²) in [6.07, 6.45) is 4.48. The first-order valence-electron chi connectivity index (χ1n) is 7.52. The fraction of sp³-hybridized carbons (Fsp3) is 0.562. The van der Waals surface area contributed by atoms with E-state index in [4.69, 9.17) is 9.47 Å². The SMILES string of the molecule is N#CC(c1cc(Br)c2c(c1)OCCCO2)N1CCCCC1. The number of nitriles is 1. The number of rotatable bonds is 2. The Bertz CT molecular complexity index is 550. The highest BCUT2D eigenvalue weighted by Gasteiger charge is 2.25. The van der Waals surface area contributed by atoms with E-state index in [1.54, 1.807) is 0 Å². The third-order valence-electron chi connectivity index (χ3n) is 4.02. The maximum atomic E-state index is 9.60. The number of hydrogen-bond donors (Lipinski definition) is 0. The molecule has 1 aromatic rings. The van der Waals surface area contributed by atoms with Crippen LogP contribution in [0.3, 0.4) is 0 Å². The second-order valence-corrected chi connectivity index (χ2v) is 6.36. The van der Waals surface area contributed by atoms with Gasteiger partial charge in [0.15, 0.2) is 11.5 Å². The van der Waals surface area contributed by atoms with Crippen molar-refractivity contribution in [1.82, 2.24) is 4.90 Å². The van der Waals surface area contributed by atoms with Crippen LogP contribution in [0.25, 0.3) is 0 Å². The van der Waals surface area contributed by atoms with Crippen LogP contribution in [0.15, 0.2) is 16.6 Å². The summed E-state index contributed by atoms with van der Waals surface area (Å²) in [6.45, 7) is 3.30. The number of piperidine rings is 1. The molecule has 0 amide bonds. The molecule has 4 nitrogen and oxygen atoms in total. The molecule has 3 rings (SSSR count). The maximum Gasteiger partial charge on any atom is 0.175 e. The lowest BCUT2D eigenvalue weighted by molar-refractivity contribution is 0.195. The average molecular weight is 351 g/mol.